The fourth-order valence-corrected chi connectivity index (χ4v) is 9.16. The first-order valence-electron chi connectivity index (χ1n) is 39.9. The highest BCUT2D eigenvalue weighted by atomic mass is 15.5. The summed E-state index contributed by atoms with van der Waals surface area (Å²) in [5.41, 5.74) is 14.3. The highest BCUT2D eigenvalue weighted by molar-refractivity contribution is 5.76. The van der Waals surface area contributed by atoms with Crippen LogP contribution in [0.15, 0.2) is 165 Å². The molecule has 16 rings (SSSR count). The molecular weight excluding hydrogens is 1490 g/mol. The van der Waals surface area contributed by atoms with Crippen molar-refractivity contribution in [2.75, 3.05) is 0 Å². The van der Waals surface area contributed by atoms with Crippen molar-refractivity contribution in [3.05, 3.63) is 165 Å². The smallest absolute Gasteiger partial charge is 0.201 e. The van der Waals surface area contributed by atoms with Gasteiger partial charge in [0.1, 0.15) is 49.7 Å². The van der Waals surface area contributed by atoms with Crippen LogP contribution in [0.1, 0.15) is 322 Å². The van der Waals surface area contributed by atoms with Crippen molar-refractivity contribution in [2.24, 2.45) is 0 Å². The van der Waals surface area contributed by atoms with Crippen LogP contribution >= 0.6 is 0 Å². The highest BCUT2D eigenvalue weighted by Crippen LogP contribution is 2.19. The summed E-state index contributed by atoms with van der Waals surface area (Å²) in [4.78, 5) is 36.6. The van der Waals surface area contributed by atoms with Crippen molar-refractivity contribution in [1.82, 2.24) is 144 Å². The lowest BCUT2D eigenvalue weighted by Gasteiger charge is -2.05. The van der Waals surface area contributed by atoms with E-state index in [1.54, 1.807) is 71.6 Å². The fraction of sp³-hybridized carbons (Fsp3) is 0.522. The molecule has 0 radical (unpaired) electrons. The molecule has 0 aliphatic rings. The molecule has 0 atom stereocenters. The van der Waals surface area contributed by atoms with E-state index in [4.69, 9.17) is 0 Å². The van der Waals surface area contributed by atoms with E-state index in [1.807, 2.05) is 256 Å². The number of fused-ring (bicyclic) bond motifs is 8. The summed E-state index contributed by atoms with van der Waals surface area (Å²) in [7, 11) is 0. The minimum absolute atomic E-state index is 0. The Morgan fingerprint density at radius 1 is 0.227 bits per heavy atom. The molecule has 16 aromatic rings. The molecule has 29 nitrogen and oxygen atoms in total. The first-order valence-corrected chi connectivity index (χ1v) is 39.9. The Balaban J connectivity index is -0.000000233. The van der Waals surface area contributed by atoms with Crippen LogP contribution in [0.25, 0.3) is 88.9 Å². The quantitative estimate of drug-likeness (QED) is 0.136. The molecule has 0 unspecified atom stereocenters. The Morgan fingerprint density at radius 3 is 1.07 bits per heavy atom. The topological polar surface area (TPSA) is 310 Å². The summed E-state index contributed by atoms with van der Waals surface area (Å²) in [6, 6.07) is 34.0. The number of aromatic nitrogens is 29. The van der Waals surface area contributed by atoms with Gasteiger partial charge in [0, 0.05) is 79.8 Å². The highest BCUT2D eigenvalue weighted by Gasteiger charge is 2.12. The lowest BCUT2D eigenvalue weighted by atomic mass is 10.3. The van der Waals surface area contributed by atoms with Crippen LogP contribution in [0.5, 0.6) is 0 Å². The van der Waals surface area contributed by atoms with Gasteiger partial charge in [-0.25, -0.2) is 53.6 Å². The summed E-state index contributed by atoms with van der Waals surface area (Å²) in [5, 5.41) is 53.8. The molecule has 0 fully saturated rings. The van der Waals surface area contributed by atoms with Gasteiger partial charge >= 0.3 is 0 Å². The molecule has 0 spiro atoms. The summed E-state index contributed by atoms with van der Waals surface area (Å²) < 4.78 is 11.3. The van der Waals surface area contributed by atoms with E-state index < -0.39 is 0 Å². The molecule has 0 saturated carbocycles. The second-order valence-corrected chi connectivity index (χ2v) is 24.1. The van der Waals surface area contributed by atoms with Crippen LogP contribution < -0.4 is 0 Å². The Morgan fingerprint density at radius 2 is 0.555 bits per heavy atom. The molecule has 2 aromatic carbocycles. The monoisotopic (exact) mass is 1650 g/mol. The van der Waals surface area contributed by atoms with E-state index in [0.29, 0.717) is 65.3 Å². The molecule has 0 aliphatic heterocycles. The molecule has 14 heterocycles. The third kappa shape index (κ3) is 37.0. The maximum absolute atomic E-state index is 4.32. The van der Waals surface area contributed by atoms with Gasteiger partial charge in [0.2, 0.25) is 11.3 Å². The van der Waals surface area contributed by atoms with E-state index in [1.165, 1.54) is 0 Å². The molecule has 0 N–H and O–H groups in total. The zero-order valence-corrected chi connectivity index (χ0v) is 73.2. The molecule has 29 heteroatoms. The number of pyridine rings is 4. The summed E-state index contributed by atoms with van der Waals surface area (Å²) in [6.45, 7) is 65.2. The molecule has 14 aromatic heterocycles. The van der Waals surface area contributed by atoms with Gasteiger partial charge in [0.05, 0.1) is 47.7 Å². The van der Waals surface area contributed by atoms with Crippen molar-refractivity contribution in [2.45, 2.75) is 322 Å². The van der Waals surface area contributed by atoms with Crippen LogP contribution in [0.3, 0.4) is 0 Å². The minimum Gasteiger partial charge on any atom is -0.266 e. The number of nitrogens with zero attached hydrogens (tertiary/aromatic N) is 29. The van der Waals surface area contributed by atoms with Crippen LogP contribution in [0, 0.1) is 0 Å². The van der Waals surface area contributed by atoms with Gasteiger partial charge in [0.25, 0.3) is 0 Å². The molecule has 0 bridgehead atoms. The van der Waals surface area contributed by atoms with Gasteiger partial charge in [-0.05, 0) is 184 Å². The summed E-state index contributed by atoms with van der Waals surface area (Å²) in [5.74, 6) is 0. The third-order valence-electron chi connectivity index (χ3n) is 14.0. The van der Waals surface area contributed by atoms with Crippen LogP contribution in [0.4, 0.5) is 0 Å². The Kier molecular flexibility index (Phi) is 68.7. The van der Waals surface area contributed by atoms with Crippen LogP contribution in [-0.2, 0) is 0 Å². The number of hydrogen-bond donors (Lipinski definition) is 0. The summed E-state index contributed by atoms with van der Waals surface area (Å²) in [6.07, 6.45) is 19.1. The first kappa shape index (κ1) is 121. The van der Waals surface area contributed by atoms with Gasteiger partial charge in [-0.1, -0.05) is 203 Å². The zero-order chi connectivity index (χ0) is 84.4. The Labute approximate surface area is 716 Å². The van der Waals surface area contributed by atoms with Crippen molar-refractivity contribution in [1.29, 1.82) is 0 Å². The van der Waals surface area contributed by atoms with Crippen molar-refractivity contribution in [3.8, 4) is 0 Å². The van der Waals surface area contributed by atoms with Gasteiger partial charge in [-0.2, -0.15) is 40.2 Å². The van der Waals surface area contributed by atoms with E-state index in [2.05, 4.69) is 203 Å². The van der Waals surface area contributed by atoms with Crippen molar-refractivity contribution >= 4 is 88.9 Å². The van der Waals surface area contributed by atoms with Gasteiger partial charge in [0.15, 0.2) is 16.9 Å². The fourth-order valence-electron chi connectivity index (χ4n) is 9.16. The van der Waals surface area contributed by atoms with Gasteiger partial charge < -0.3 is 0 Å². The molecular formula is C90H159N29. The lowest BCUT2D eigenvalue weighted by Crippen LogP contribution is -2.04. The SMILES string of the molecule is C.C.C.C.C.C.C.CC.CC.CC.CC.CC.CC.CC.CC.CC(C)n1cc2nccnc2n1.CC(C)n1nc2ccccc2n1.CC(C)n1nc2cccnc2n1.CC(C)n1ncc2ncccc21.CC(C)n1ncc2nccnc21.CC(C)n1nnc2ccccc21.CC(C)n1nnc2cccnc21.CC(C)n1nnc2ncccc21. The average Bonchev–Trinajstić information content (AvgIpc) is 1.72. The first-order chi connectivity index (χ1) is 54.3. The van der Waals surface area contributed by atoms with E-state index in [9.17, 15) is 0 Å². The molecule has 664 valence electrons. The maximum Gasteiger partial charge on any atom is 0.201 e. The van der Waals surface area contributed by atoms with E-state index >= 15 is 0 Å². The van der Waals surface area contributed by atoms with Crippen LogP contribution in [-0.4, -0.2) is 144 Å². The zero-order valence-electron chi connectivity index (χ0n) is 73.2. The number of benzene rings is 2. The van der Waals surface area contributed by atoms with E-state index in [-0.39, 0.29) is 52.0 Å². The molecule has 119 heavy (non-hydrogen) atoms. The Hall–Kier alpha value is -11.4. The standard InChI is InChI=1S/3C9H11N3.5C8H10N4.8C2H6.7CH4/c1-7(2)12-9-4-3-5-10-8(9)6-11-12;1-7(2)12-9-6-4-3-5-8(9)10-11-12;1-7(2)12-10-8-5-3-4-6-9(8)11-12;1-6(2)12-5-7-8(11-12)10-4-3-9-7;1-6(2)12-8-7(5-11-12)9-3-4-10-8;1-6(2)12-7-4-3-5-9-8(7)10-11-12;1-6(2)12-8-7(10-11-12)4-3-5-9-8;1-6(2)12-10-7-4-3-5-9-8(7)11-12;8*1-2;;;;;;;/h3*3-7H,1-2H3;5*3-6H,1-2H3;8*1-2H3;7*1H4. The summed E-state index contributed by atoms with van der Waals surface area (Å²) >= 11 is 0. The van der Waals surface area contributed by atoms with Crippen LogP contribution in [0.2, 0.25) is 0 Å². The molecule has 0 saturated heterocycles. The predicted octanol–water partition coefficient (Wildman–Crippen LogP) is 25.7. The number of para-hydroxylation sites is 1. The number of hydrogen-bond acceptors (Lipinski definition) is 21. The third-order valence-corrected chi connectivity index (χ3v) is 14.0. The maximum atomic E-state index is 4.32. The van der Waals surface area contributed by atoms with Crippen molar-refractivity contribution < 1.29 is 0 Å². The number of rotatable bonds is 8. The average molecular weight is 1650 g/mol. The Bertz CT molecular complexity index is 4230. The largest absolute Gasteiger partial charge is 0.266 e. The normalized spacial score (nSPS) is 9.48. The second-order valence-electron chi connectivity index (χ2n) is 24.1. The second kappa shape index (κ2) is 67.6. The molecule has 0 aliphatic carbocycles. The molecule has 0 amide bonds. The van der Waals surface area contributed by atoms with E-state index in [0.717, 1.165) is 72.0 Å². The van der Waals surface area contributed by atoms with Crippen molar-refractivity contribution in [3.63, 3.8) is 0 Å². The van der Waals surface area contributed by atoms with Gasteiger partial charge in [-0.3, -0.25) is 14.3 Å². The lowest BCUT2D eigenvalue weighted by molar-refractivity contribution is 0.471. The predicted molar refractivity (Wildman–Crippen MR) is 510 cm³/mol. The van der Waals surface area contributed by atoms with Gasteiger partial charge in [-0.15, -0.1) is 20.4 Å². The minimum atomic E-state index is 0.